The van der Waals surface area contributed by atoms with Gasteiger partial charge in [-0.25, -0.2) is 19.1 Å². The van der Waals surface area contributed by atoms with Crippen LogP contribution in [0.15, 0.2) is 43.0 Å². The van der Waals surface area contributed by atoms with Crippen LogP contribution in [0.1, 0.15) is 28.2 Å². The zero-order valence-electron chi connectivity index (χ0n) is 13.1. The molecule has 0 aliphatic heterocycles. The summed E-state index contributed by atoms with van der Waals surface area (Å²) in [7, 11) is 0. The number of nitrogens with zero attached hydrogens (tertiary/aromatic N) is 5. The van der Waals surface area contributed by atoms with Gasteiger partial charge in [-0.05, 0) is 31.4 Å². The molecule has 0 atom stereocenters. The highest BCUT2D eigenvalue weighted by Crippen LogP contribution is 2.28. The Morgan fingerprint density at radius 1 is 1.21 bits per heavy atom. The summed E-state index contributed by atoms with van der Waals surface area (Å²) in [6, 6.07) is 9.88. The van der Waals surface area contributed by atoms with Gasteiger partial charge in [0.25, 0.3) is 0 Å². The maximum absolute atomic E-state index is 12.4. The van der Waals surface area contributed by atoms with Gasteiger partial charge in [-0.15, -0.1) is 0 Å². The lowest BCUT2D eigenvalue weighted by molar-refractivity contribution is 0.0479. The van der Waals surface area contributed by atoms with Gasteiger partial charge in [0.1, 0.15) is 19.3 Å². The van der Waals surface area contributed by atoms with E-state index in [-0.39, 0.29) is 12.6 Å². The quantitative estimate of drug-likeness (QED) is 0.669. The second-order valence-electron chi connectivity index (χ2n) is 5.67. The van der Waals surface area contributed by atoms with Crippen LogP contribution in [-0.4, -0.2) is 37.1 Å². The average molecular weight is 323 g/mol. The highest BCUT2D eigenvalue weighted by Gasteiger charge is 2.27. The second-order valence-corrected chi connectivity index (χ2v) is 5.67. The Balaban J connectivity index is 1.54. The molecule has 2 aromatic heterocycles. The van der Waals surface area contributed by atoms with E-state index in [0.717, 1.165) is 36.2 Å². The van der Waals surface area contributed by atoms with Crippen molar-refractivity contribution in [1.29, 1.82) is 0 Å². The fourth-order valence-electron chi connectivity index (χ4n) is 3.03. The summed E-state index contributed by atoms with van der Waals surface area (Å²) >= 11 is 0. The van der Waals surface area contributed by atoms with Gasteiger partial charge in [0.05, 0.1) is 12.2 Å². The molecule has 0 unspecified atom stereocenters. The summed E-state index contributed by atoms with van der Waals surface area (Å²) in [5, 5.41) is 8.51. The van der Waals surface area contributed by atoms with E-state index in [1.807, 2.05) is 35.0 Å². The molecular weight excluding hydrogens is 306 g/mol. The van der Waals surface area contributed by atoms with Crippen LogP contribution in [0.4, 0.5) is 0 Å². The van der Waals surface area contributed by atoms with Gasteiger partial charge < -0.3 is 4.74 Å². The van der Waals surface area contributed by atoms with Crippen molar-refractivity contribution >= 4 is 5.97 Å². The summed E-state index contributed by atoms with van der Waals surface area (Å²) in [4.78, 5) is 16.3. The fourth-order valence-corrected chi connectivity index (χ4v) is 3.03. The van der Waals surface area contributed by atoms with Crippen molar-refractivity contribution < 1.29 is 9.53 Å². The molecule has 7 heteroatoms. The Bertz CT molecular complexity index is 840. The molecular formula is C17H17N5O2. The fraction of sp³-hybridized carbons (Fsp3) is 0.294. The van der Waals surface area contributed by atoms with E-state index >= 15 is 0 Å². The molecule has 2 heterocycles. The highest BCUT2D eigenvalue weighted by atomic mass is 16.5. The molecule has 0 spiro atoms. The number of aromatic nitrogens is 5. The average Bonchev–Trinajstić information content (AvgIpc) is 3.33. The monoisotopic (exact) mass is 323 g/mol. The first-order valence-corrected chi connectivity index (χ1v) is 7.98. The smallest absolute Gasteiger partial charge is 0.359 e. The molecule has 0 saturated carbocycles. The van der Waals surface area contributed by atoms with Gasteiger partial charge in [-0.2, -0.15) is 10.2 Å². The summed E-state index contributed by atoms with van der Waals surface area (Å²) in [6.45, 7) is 0.725. The Kier molecular flexibility index (Phi) is 3.82. The Morgan fingerprint density at radius 2 is 2.08 bits per heavy atom. The lowest BCUT2D eigenvalue weighted by atomic mass is 10.2. The van der Waals surface area contributed by atoms with E-state index in [9.17, 15) is 4.79 Å². The van der Waals surface area contributed by atoms with Gasteiger partial charge >= 0.3 is 5.97 Å². The number of rotatable bonds is 5. The molecule has 24 heavy (non-hydrogen) atoms. The molecule has 0 radical (unpaired) electrons. The third kappa shape index (κ3) is 2.68. The zero-order chi connectivity index (χ0) is 16.4. The molecule has 1 aliphatic rings. The second kappa shape index (κ2) is 6.27. The summed E-state index contributed by atoms with van der Waals surface area (Å²) in [6.07, 6.45) is 5.89. The predicted molar refractivity (Wildman–Crippen MR) is 85.9 cm³/mol. The number of hydrogen-bond donors (Lipinski definition) is 0. The minimum atomic E-state index is -0.372. The summed E-state index contributed by atoms with van der Waals surface area (Å²) in [5.74, 6) is -0.372. The molecule has 0 bridgehead atoms. The van der Waals surface area contributed by atoms with Crippen molar-refractivity contribution in [3.8, 4) is 5.69 Å². The molecule has 3 aromatic rings. The van der Waals surface area contributed by atoms with Crippen LogP contribution in [0.25, 0.3) is 5.69 Å². The molecule has 0 fully saturated rings. The van der Waals surface area contributed by atoms with E-state index in [2.05, 4.69) is 15.2 Å². The van der Waals surface area contributed by atoms with E-state index in [1.54, 1.807) is 11.0 Å². The highest BCUT2D eigenvalue weighted by molar-refractivity contribution is 5.89. The number of ether oxygens (including phenoxy) is 1. The number of hydrogen-bond acceptors (Lipinski definition) is 5. The molecule has 7 nitrogen and oxygen atoms in total. The number of para-hydroxylation sites is 1. The molecule has 4 rings (SSSR count). The minimum Gasteiger partial charge on any atom is -0.459 e. The lowest BCUT2D eigenvalue weighted by Crippen LogP contribution is -2.14. The normalized spacial score (nSPS) is 13.0. The third-order valence-corrected chi connectivity index (χ3v) is 4.14. The maximum atomic E-state index is 12.4. The van der Waals surface area contributed by atoms with Crippen LogP contribution in [0.3, 0.4) is 0 Å². The van der Waals surface area contributed by atoms with Crippen molar-refractivity contribution in [3.05, 3.63) is 59.9 Å². The molecule has 1 aromatic carbocycles. The van der Waals surface area contributed by atoms with Crippen LogP contribution in [0.2, 0.25) is 0 Å². The van der Waals surface area contributed by atoms with Gasteiger partial charge in [0, 0.05) is 11.3 Å². The Labute approximate surface area is 138 Å². The number of fused-ring (bicyclic) bond motifs is 1. The zero-order valence-corrected chi connectivity index (χ0v) is 13.1. The third-order valence-electron chi connectivity index (χ3n) is 4.14. The topological polar surface area (TPSA) is 74.8 Å². The first kappa shape index (κ1) is 14.6. The molecule has 1 aliphatic carbocycles. The van der Waals surface area contributed by atoms with Crippen LogP contribution < -0.4 is 0 Å². The SMILES string of the molecule is O=C(OCCn1cncn1)c1nn(-c2ccccc2)c2c1CCC2. The lowest BCUT2D eigenvalue weighted by Gasteiger charge is -2.05. The van der Waals surface area contributed by atoms with Crippen molar-refractivity contribution in [2.75, 3.05) is 6.61 Å². The molecule has 0 amide bonds. The first-order chi connectivity index (χ1) is 11.8. The Hall–Kier alpha value is -2.96. The van der Waals surface area contributed by atoms with Crippen molar-refractivity contribution in [3.63, 3.8) is 0 Å². The predicted octanol–water partition coefficient (Wildman–Crippen LogP) is 1.81. The first-order valence-electron chi connectivity index (χ1n) is 7.98. The van der Waals surface area contributed by atoms with E-state index < -0.39 is 0 Å². The Morgan fingerprint density at radius 3 is 2.88 bits per heavy atom. The molecule has 0 N–H and O–H groups in total. The van der Waals surface area contributed by atoms with Gasteiger partial charge in [0.15, 0.2) is 5.69 Å². The minimum absolute atomic E-state index is 0.245. The standard InChI is InChI=1S/C17H17N5O2/c23-17(24-10-9-21-12-18-11-19-21)16-14-7-4-8-15(14)22(20-16)13-5-2-1-3-6-13/h1-3,5-6,11-12H,4,7-10H2. The van der Waals surface area contributed by atoms with E-state index in [0.29, 0.717) is 12.2 Å². The molecule has 0 saturated heterocycles. The van der Waals surface area contributed by atoms with Crippen LogP contribution >= 0.6 is 0 Å². The van der Waals surface area contributed by atoms with Crippen LogP contribution in [0, 0.1) is 0 Å². The van der Waals surface area contributed by atoms with E-state index in [4.69, 9.17) is 4.74 Å². The molecule has 122 valence electrons. The van der Waals surface area contributed by atoms with Gasteiger partial charge in [-0.1, -0.05) is 18.2 Å². The van der Waals surface area contributed by atoms with E-state index in [1.165, 1.54) is 6.33 Å². The van der Waals surface area contributed by atoms with Gasteiger partial charge in [-0.3, -0.25) is 0 Å². The van der Waals surface area contributed by atoms with Crippen LogP contribution in [0.5, 0.6) is 0 Å². The maximum Gasteiger partial charge on any atom is 0.359 e. The number of esters is 1. The summed E-state index contributed by atoms with van der Waals surface area (Å²) in [5.41, 5.74) is 3.54. The van der Waals surface area contributed by atoms with Crippen molar-refractivity contribution in [2.24, 2.45) is 0 Å². The number of carbonyl (C=O) groups is 1. The van der Waals surface area contributed by atoms with Crippen molar-refractivity contribution in [2.45, 2.75) is 25.8 Å². The number of carbonyl (C=O) groups excluding carboxylic acids is 1. The van der Waals surface area contributed by atoms with Crippen LogP contribution in [-0.2, 0) is 24.1 Å². The summed E-state index contributed by atoms with van der Waals surface area (Å²) < 4.78 is 8.87. The number of benzene rings is 1. The largest absolute Gasteiger partial charge is 0.459 e. The van der Waals surface area contributed by atoms with Crippen molar-refractivity contribution in [1.82, 2.24) is 24.5 Å². The van der Waals surface area contributed by atoms with Gasteiger partial charge in [0.2, 0.25) is 0 Å².